The van der Waals surface area contributed by atoms with Gasteiger partial charge in [-0.25, -0.2) is 4.98 Å². The molecule has 0 bridgehead atoms. The van der Waals surface area contributed by atoms with Gasteiger partial charge in [0.1, 0.15) is 11.2 Å². The lowest BCUT2D eigenvalue weighted by Gasteiger charge is -2.30. The lowest BCUT2D eigenvalue weighted by atomic mass is 9.96. The summed E-state index contributed by atoms with van der Waals surface area (Å²) < 4.78 is 5.90. The second-order valence-corrected chi connectivity index (χ2v) is 8.07. The number of anilines is 2. The second-order valence-electron chi connectivity index (χ2n) is 8.07. The summed E-state index contributed by atoms with van der Waals surface area (Å²) in [7, 11) is 0. The van der Waals surface area contributed by atoms with Crippen LogP contribution in [0.3, 0.4) is 0 Å². The fourth-order valence-corrected chi connectivity index (χ4v) is 4.18. The van der Waals surface area contributed by atoms with E-state index < -0.39 is 4.92 Å². The minimum absolute atomic E-state index is 0.133. The summed E-state index contributed by atoms with van der Waals surface area (Å²) in [6.07, 6.45) is 1.46. The number of nitro groups is 1. The van der Waals surface area contributed by atoms with Crippen molar-refractivity contribution < 1.29 is 14.1 Å². The van der Waals surface area contributed by atoms with Crippen LogP contribution >= 0.6 is 0 Å². The number of carbonyl (C=O) groups excluding carboxylic acids is 1. The van der Waals surface area contributed by atoms with Crippen LogP contribution in [0.2, 0.25) is 0 Å². The van der Waals surface area contributed by atoms with E-state index in [0.29, 0.717) is 30.2 Å². The highest BCUT2D eigenvalue weighted by Gasteiger charge is 2.28. The van der Waals surface area contributed by atoms with Crippen LogP contribution in [-0.2, 0) is 0 Å². The highest BCUT2D eigenvalue weighted by atomic mass is 16.6. The number of aromatic nitrogens is 1. The number of oxazole rings is 1. The Kier molecular flexibility index (Phi) is 5.48. The van der Waals surface area contributed by atoms with Gasteiger partial charge in [-0.3, -0.25) is 14.9 Å². The third kappa shape index (κ3) is 4.27. The maximum Gasteiger partial charge on any atom is 0.293 e. The van der Waals surface area contributed by atoms with Crippen molar-refractivity contribution in [2.45, 2.75) is 18.8 Å². The van der Waals surface area contributed by atoms with E-state index in [-0.39, 0.29) is 17.5 Å². The summed E-state index contributed by atoms with van der Waals surface area (Å²) in [6, 6.07) is 21.4. The maximum atomic E-state index is 13.1. The number of para-hydroxylation sites is 3. The van der Waals surface area contributed by atoms with Crippen LogP contribution < -0.4 is 5.32 Å². The Morgan fingerprint density at radius 2 is 1.76 bits per heavy atom. The topological polar surface area (TPSA) is 102 Å². The summed E-state index contributed by atoms with van der Waals surface area (Å²) in [5.41, 5.74) is 2.86. The Morgan fingerprint density at radius 1 is 1.03 bits per heavy atom. The lowest BCUT2D eigenvalue weighted by molar-refractivity contribution is -0.383. The second kappa shape index (κ2) is 8.74. The van der Waals surface area contributed by atoms with Gasteiger partial charge >= 0.3 is 0 Å². The largest absolute Gasteiger partial charge is 0.440 e. The lowest BCUT2D eigenvalue weighted by Crippen LogP contribution is -2.38. The van der Waals surface area contributed by atoms with E-state index in [1.165, 1.54) is 6.07 Å². The molecule has 1 aliphatic heterocycles. The van der Waals surface area contributed by atoms with Crippen molar-refractivity contribution in [2.75, 3.05) is 18.4 Å². The van der Waals surface area contributed by atoms with Gasteiger partial charge in [0.2, 0.25) is 0 Å². The van der Waals surface area contributed by atoms with Gasteiger partial charge in [-0.05, 0) is 49.2 Å². The van der Waals surface area contributed by atoms with E-state index in [1.54, 1.807) is 17.0 Å². The number of nitrogens with one attached hydrogen (secondary N) is 1. The van der Waals surface area contributed by atoms with Gasteiger partial charge in [0, 0.05) is 36.3 Å². The third-order valence-electron chi connectivity index (χ3n) is 5.94. The van der Waals surface area contributed by atoms with Gasteiger partial charge in [-0.2, -0.15) is 0 Å². The fraction of sp³-hybridized carbons (Fsp3) is 0.200. The molecular weight excluding hydrogens is 420 g/mol. The van der Waals surface area contributed by atoms with Crippen LogP contribution in [0, 0.1) is 10.1 Å². The molecule has 33 heavy (non-hydrogen) atoms. The zero-order valence-corrected chi connectivity index (χ0v) is 17.8. The van der Waals surface area contributed by atoms with E-state index in [9.17, 15) is 14.9 Å². The number of benzene rings is 3. The Bertz CT molecular complexity index is 1280. The average Bonchev–Trinajstić information content (AvgIpc) is 3.29. The number of amides is 1. The molecule has 0 radical (unpaired) electrons. The number of hydrogen-bond donors (Lipinski definition) is 1. The van der Waals surface area contributed by atoms with Crippen LogP contribution in [-0.4, -0.2) is 33.8 Å². The molecular formula is C25H22N4O4. The van der Waals surface area contributed by atoms with Crippen molar-refractivity contribution in [3.05, 3.63) is 94.4 Å². The summed E-state index contributed by atoms with van der Waals surface area (Å²) in [4.78, 5) is 30.6. The van der Waals surface area contributed by atoms with E-state index in [0.717, 1.165) is 29.6 Å². The summed E-state index contributed by atoms with van der Waals surface area (Å²) in [6.45, 7) is 1.08. The molecule has 3 aromatic carbocycles. The number of carbonyl (C=O) groups is 1. The SMILES string of the molecule is O=C(c1ccc(Nc2ccccc2)c([N+](=O)[O-])c1)N1CCC(c2nc3ccccc3o2)CC1. The smallest absolute Gasteiger partial charge is 0.293 e. The van der Waals surface area contributed by atoms with Gasteiger partial charge in [0.25, 0.3) is 11.6 Å². The predicted octanol–water partition coefficient (Wildman–Crippen LogP) is 5.50. The first kappa shape index (κ1) is 20.7. The molecule has 1 aliphatic rings. The Hall–Kier alpha value is -4.20. The van der Waals surface area contributed by atoms with Crippen molar-refractivity contribution in [1.82, 2.24) is 9.88 Å². The van der Waals surface area contributed by atoms with Gasteiger partial charge in [0.15, 0.2) is 11.5 Å². The molecule has 1 fully saturated rings. The van der Waals surface area contributed by atoms with Crippen molar-refractivity contribution in [3.8, 4) is 0 Å². The number of rotatable bonds is 5. The number of nitro benzene ring substituents is 1. The van der Waals surface area contributed by atoms with Gasteiger partial charge in [-0.1, -0.05) is 30.3 Å². The molecule has 4 aromatic rings. The van der Waals surface area contributed by atoms with Gasteiger partial charge in [0.05, 0.1) is 4.92 Å². The van der Waals surface area contributed by atoms with E-state index in [4.69, 9.17) is 4.42 Å². The van der Waals surface area contributed by atoms with Crippen molar-refractivity contribution in [2.24, 2.45) is 0 Å². The highest BCUT2D eigenvalue weighted by molar-refractivity contribution is 5.96. The average molecular weight is 442 g/mol. The molecule has 1 saturated heterocycles. The van der Waals surface area contributed by atoms with Crippen LogP contribution in [0.25, 0.3) is 11.1 Å². The molecule has 0 saturated carbocycles. The molecule has 5 rings (SSSR count). The predicted molar refractivity (Wildman–Crippen MR) is 125 cm³/mol. The fourth-order valence-electron chi connectivity index (χ4n) is 4.18. The molecule has 2 heterocycles. The Morgan fingerprint density at radius 3 is 2.48 bits per heavy atom. The van der Waals surface area contributed by atoms with Crippen LogP contribution in [0.1, 0.15) is 35.0 Å². The zero-order chi connectivity index (χ0) is 22.8. The van der Waals surface area contributed by atoms with Crippen molar-refractivity contribution in [3.63, 3.8) is 0 Å². The maximum absolute atomic E-state index is 13.1. The van der Waals surface area contributed by atoms with E-state index in [1.807, 2.05) is 54.6 Å². The molecule has 1 aromatic heterocycles. The minimum Gasteiger partial charge on any atom is -0.440 e. The monoisotopic (exact) mass is 442 g/mol. The number of piperidine rings is 1. The number of fused-ring (bicyclic) bond motifs is 1. The van der Waals surface area contributed by atoms with Crippen molar-refractivity contribution in [1.29, 1.82) is 0 Å². The number of likely N-dealkylation sites (tertiary alicyclic amines) is 1. The van der Waals surface area contributed by atoms with Crippen molar-refractivity contribution >= 4 is 34.1 Å². The molecule has 1 amide bonds. The van der Waals surface area contributed by atoms with E-state index in [2.05, 4.69) is 10.3 Å². The molecule has 0 unspecified atom stereocenters. The molecule has 166 valence electrons. The Balaban J connectivity index is 1.29. The van der Waals surface area contributed by atoms with Crippen LogP contribution in [0.4, 0.5) is 17.1 Å². The zero-order valence-electron chi connectivity index (χ0n) is 17.8. The third-order valence-corrected chi connectivity index (χ3v) is 5.94. The molecule has 8 heteroatoms. The van der Waals surface area contributed by atoms with Crippen LogP contribution in [0.15, 0.2) is 77.2 Å². The van der Waals surface area contributed by atoms with Gasteiger partial charge < -0.3 is 14.6 Å². The first-order valence-corrected chi connectivity index (χ1v) is 10.8. The first-order valence-electron chi connectivity index (χ1n) is 10.8. The highest BCUT2D eigenvalue weighted by Crippen LogP contribution is 2.32. The Labute approximate surface area is 190 Å². The quantitative estimate of drug-likeness (QED) is 0.323. The number of nitrogens with zero attached hydrogens (tertiary/aromatic N) is 3. The summed E-state index contributed by atoms with van der Waals surface area (Å²) in [5.74, 6) is 0.642. The van der Waals surface area contributed by atoms with Crippen LogP contribution in [0.5, 0.6) is 0 Å². The molecule has 0 aliphatic carbocycles. The minimum atomic E-state index is -0.471. The number of hydrogen-bond acceptors (Lipinski definition) is 6. The standard InChI is InChI=1S/C25H22N4O4/c30-25(18-10-11-20(22(16-18)29(31)32)26-19-6-2-1-3-7-19)28-14-12-17(13-15-28)24-27-21-8-4-5-9-23(21)33-24/h1-11,16-17,26H,12-15H2. The molecule has 0 spiro atoms. The van der Waals surface area contributed by atoms with Gasteiger partial charge in [-0.15, -0.1) is 0 Å². The summed E-state index contributed by atoms with van der Waals surface area (Å²) in [5, 5.41) is 14.7. The molecule has 8 nitrogen and oxygen atoms in total. The summed E-state index contributed by atoms with van der Waals surface area (Å²) >= 11 is 0. The normalized spacial score (nSPS) is 14.4. The molecule has 1 N–H and O–H groups in total. The van der Waals surface area contributed by atoms with E-state index >= 15 is 0 Å². The first-order chi connectivity index (χ1) is 16.1. The molecule has 0 atom stereocenters.